The fraction of sp³-hybridized carbons (Fsp3) is 0.400. The van der Waals surface area contributed by atoms with Gasteiger partial charge < -0.3 is 19.6 Å². The number of azo groups is 1. The summed E-state index contributed by atoms with van der Waals surface area (Å²) in [7, 11) is -3.17. The highest BCUT2D eigenvalue weighted by atomic mass is 32.2. The van der Waals surface area contributed by atoms with Crippen LogP contribution in [0.25, 0.3) is 10.9 Å². The summed E-state index contributed by atoms with van der Waals surface area (Å²) in [5.74, 6) is -0.673. The number of aromatic nitrogens is 1. The maximum Gasteiger partial charge on any atom is 0.268 e. The maximum atomic E-state index is 12.0. The molecule has 25 heavy (non-hydrogen) atoms. The number of rotatable bonds is 2. The van der Waals surface area contributed by atoms with Gasteiger partial charge in [-0.1, -0.05) is 0 Å². The number of benzene rings is 1. The van der Waals surface area contributed by atoms with Crippen LogP contribution >= 0.6 is 0 Å². The standard InChI is InChI=1S/C15H15N3O6S/c19-14(8-1-4-25(21,22)7-8)18-17-13-9-5-11-12(24-3-2-23-11)6-10(9)16-15(13)20/h5-6,8,16,20H,1-4,7H2/t8-/m0/s1. The lowest BCUT2D eigenvalue weighted by Crippen LogP contribution is -2.15. The summed E-state index contributed by atoms with van der Waals surface area (Å²) in [4.78, 5) is 14.8. The number of H-pyrrole nitrogens is 1. The van der Waals surface area contributed by atoms with Crippen molar-refractivity contribution in [3.05, 3.63) is 12.1 Å². The van der Waals surface area contributed by atoms with E-state index in [9.17, 15) is 18.3 Å². The Bertz CT molecular complexity index is 994. The lowest BCUT2D eigenvalue weighted by molar-refractivity contribution is -0.121. The summed E-state index contributed by atoms with van der Waals surface area (Å²) >= 11 is 0. The van der Waals surface area contributed by atoms with Crippen LogP contribution in [0.4, 0.5) is 5.69 Å². The number of sulfone groups is 1. The second kappa shape index (κ2) is 5.73. The first-order valence-corrected chi connectivity index (χ1v) is 9.55. The largest absolute Gasteiger partial charge is 0.493 e. The second-order valence-corrected chi connectivity index (χ2v) is 8.23. The Morgan fingerprint density at radius 3 is 2.64 bits per heavy atom. The van der Waals surface area contributed by atoms with Crippen LogP contribution in [-0.4, -0.2) is 49.1 Å². The van der Waals surface area contributed by atoms with Gasteiger partial charge in [-0.05, 0) is 12.5 Å². The SMILES string of the molecule is O=C(N=Nc1c(O)[nH]c2cc3c(cc12)OCCO3)[C@H]1CCS(=O)(=O)C1. The summed E-state index contributed by atoms with van der Waals surface area (Å²) < 4.78 is 33.9. The van der Waals surface area contributed by atoms with E-state index in [2.05, 4.69) is 15.2 Å². The van der Waals surface area contributed by atoms with Gasteiger partial charge in [-0.3, -0.25) is 4.79 Å². The fourth-order valence-corrected chi connectivity index (χ4v) is 4.71. The predicted molar refractivity (Wildman–Crippen MR) is 87.2 cm³/mol. The Hall–Kier alpha value is -2.62. The first kappa shape index (κ1) is 15.9. The van der Waals surface area contributed by atoms with Crippen molar-refractivity contribution in [3.8, 4) is 17.4 Å². The number of hydrogen-bond acceptors (Lipinski definition) is 7. The van der Waals surface area contributed by atoms with E-state index >= 15 is 0 Å². The third-order valence-electron chi connectivity index (χ3n) is 4.25. The molecule has 2 N–H and O–H groups in total. The Labute approximate surface area is 142 Å². The summed E-state index contributed by atoms with van der Waals surface area (Å²) in [5.41, 5.74) is 0.660. The van der Waals surface area contributed by atoms with E-state index in [-0.39, 0.29) is 29.5 Å². The first-order valence-electron chi connectivity index (χ1n) is 7.73. The van der Waals surface area contributed by atoms with Crippen molar-refractivity contribution in [1.29, 1.82) is 0 Å². The van der Waals surface area contributed by atoms with Gasteiger partial charge in [-0.25, -0.2) is 8.42 Å². The van der Waals surface area contributed by atoms with Crippen LogP contribution < -0.4 is 9.47 Å². The van der Waals surface area contributed by atoms with E-state index in [4.69, 9.17) is 9.47 Å². The van der Waals surface area contributed by atoms with Gasteiger partial charge in [0, 0.05) is 11.5 Å². The van der Waals surface area contributed by atoms with Crippen LogP contribution in [0.1, 0.15) is 6.42 Å². The molecule has 0 saturated carbocycles. The molecule has 1 atom stereocenters. The molecule has 0 unspecified atom stereocenters. The molecule has 1 saturated heterocycles. The Morgan fingerprint density at radius 1 is 1.24 bits per heavy atom. The normalized spacial score (nSPS) is 21.8. The van der Waals surface area contributed by atoms with Gasteiger partial charge in [0.15, 0.2) is 27.0 Å². The molecule has 0 aliphatic carbocycles. The van der Waals surface area contributed by atoms with Gasteiger partial charge in [-0.2, -0.15) is 0 Å². The molecule has 2 aromatic rings. The molecule has 1 aromatic heterocycles. The topological polar surface area (TPSA) is 130 Å². The number of aromatic hydroxyl groups is 1. The lowest BCUT2D eigenvalue weighted by Gasteiger charge is -2.18. The summed E-state index contributed by atoms with van der Waals surface area (Å²) in [5, 5.41) is 18.0. The van der Waals surface area contributed by atoms with Crippen molar-refractivity contribution in [1.82, 2.24) is 4.98 Å². The number of hydrogen-bond donors (Lipinski definition) is 2. The highest BCUT2D eigenvalue weighted by Gasteiger charge is 2.33. The Balaban J connectivity index is 1.65. The van der Waals surface area contributed by atoms with Crippen LogP contribution in [-0.2, 0) is 14.6 Å². The number of carbonyl (C=O) groups excluding carboxylic acids is 1. The number of carbonyl (C=O) groups is 1. The molecule has 132 valence electrons. The minimum atomic E-state index is -3.17. The number of fused-ring (bicyclic) bond motifs is 2. The van der Waals surface area contributed by atoms with Gasteiger partial charge in [0.25, 0.3) is 5.91 Å². The van der Waals surface area contributed by atoms with Crippen molar-refractivity contribution >= 4 is 32.3 Å². The third-order valence-corrected chi connectivity index (χ3v) is 6.01. The van der Waals surface area contributed by atoms with E-state index in [1.807, 2.05) is 0 Å². The molecule has 0 bridgehead atoms. The van der Waals surface area contributed by atoms with E-state index in [0.29, 0.717) is 35.6 Å². The van der Waals surface area contributed by atoms with Crippen molar-refractivity contribution in [2.45, 2.75) is 6.42 Å². The maximum absolute atomic E-state index is 12.0. The number of nitrogens with zero attached hydrogens (tertiary/aromatic N) is 2. The fourth-order valence-electron chi connectivity index (χ4n) is 2.97. The minimum absolute atomic E-state index is 0.0132. The van der Waals surface area contributed by atoms with Crippen LogP contribution in [0.2, 0.25) is 0 Å². The number of amides is 1. The van der Waals surface area contributed by atoms with Gasteiger partial charge in [0.05, 0.1) is 22.9 Å². The smallest absolute Gasteiger partial charge is 0.268 e. The molecule has 10 heteroatoms. The van der Waals surface area contributed by atoms with Crippen molar-refractivity contribution in [2.24, 2.45) is 16.1 Å². The monoisotopic (exact) mass is 365 g/mol. The average Bonchev–Trinajstić information content (AvgIpc) is 3.09. The number of aromatic amines is 1. The summed E-state index contributed by atoms with van der Waals surface area (Å²) in [6.45, 7) is 0.858. The zero-order valence-corrected chi connectivity index (χ0v) is 13.9. The van der Waals surface area contributed by atoms with Crippen molar-refractivity contribution < 1.29 is 27.8 Å². The van der Waals surface area contributed by atoms with E-state index in [1.165, 1.54) is 0 Å². The van der Waals surface area contributed by atoms with E-state index < -0.39 is 21.7 Å². The van der Waals surface area contributed by atoms with Crippen molar-refractivity contribution in [3.63, 3.8) is 0 Å². The van der Waals surface area contributed by atoms with Crippen LogP contribution in [0.3, 0.4) is 0 Å². The zero-order valence-electron chi connectivity index (χ0n) is 13.1. The Kier molecular flexibility index (Phi) is 3.64. The van der Waals surface area contributed by atoms with Crippen LogP contribution in [0.15, 0.2) is 22.4 Å². The molecule has 1 fully saturated rings. The molecular formula is C15H15N3O6S. The molecule has 0 spiro atoms. The molecule has 9 nitrogen and oxygen atoms in total. The van der Waals surface area contributed by atoms with E-state index in [1.54, 1.807) is 12.1 Å². The molecule has 1 amide bonds. The third kappa shape index (κ3) is 2.93. The van der Waals surface area contributed by atoms with Gasteiger partial charge >= 0.3 is 0 Å². The predicted octanol–water partition coefficient (Wildman–Crippen LogP) is 1.69. The summed E-state index contributed by atoms with van der Waals surface area (Å²) in [6, 6.07) is 3.33. The zero-order chi connectivity index (χ0) is 17.6. The average molecular weight is 365 g/mol. The molecule has 1 aromatic carbocycles. The molecule has 3 heterocycles. The van der Waals surface area contributed by atoms with Gasteiger partial charge in [-0.15, -0.1) is 10.2 Å². The second-order valence-electron chi connectivity index (χ2n) is 6.00. The van der Waals surface area contributed by atoms with Gasteiger partial charge in [0.1, 0.15) is 13.2 Å². The quantitative estimate of drug-likeness (QED) is 0.779. The number of nitrogens with one attached hydrogen (secondary N) is 1. The van der Waals surface area contributed by atoms with Crippen molar-refractivity contribution in [2.75, 3.05) is 24.7 Å². The highest BCUT2D eigenvalue weighted by molar-refractivity contribution is 7.91. The molecule has 4 rings (SSSR count). The Morgan fingerprint density at radius 2 is 1.96 bits per heavy atom. The minimum Gasteiger partial charge on any atom is -0.493 e. The van der Waals surface area contributed by atoms with E-state index in [0.717, 1.165) is 0 Å². The van der Waals surface area contributed by atoms with Crippen LogP contribution in [0.5, 0.6) is 17.4 Å². The molecule has 0 radical (unpaired) electrons. The summed E-state index contributed by atoms with van der Waals surface area (Å²) in [6.07, 6.45) is 0.249. The first-order chi connectivity index (χ1) is 11.9. The molecule has 2 aliphatic heterocycles. The highest BCUT2D eigenvalue weighted by Crippen LogP contribution is 2.42. The van der Waals surface area contributed by atoms with Gasteiger partial charge in [0.2, 0.25) is 5.88 Å². The molecule has 2 aliphatic rings. The molecular weight excluding hydrogens is 350 g/mol. The van der Waals surface area contributed by atoms with Crippen LogP contribution in [0, 0.1) is 5.92 Å². The lowest BCUT2D eigenvalue weighted by atomic mass is 10.1. The number of ether oxygens (including phenoxy) is 2.